The molecule has 0 radical (unpaired) electrons. The van der Waals surface area contributed by atoms with Crippen molar-refractivity contribution in [3.63, 3.8) is 0 Å². The van der Waals surface area contributed by atoms with E-state index >= 15 is 0 Å². The van der Waals surface area contributed by atoms with Crippen molar-refractivity contribution in [3.8, 4) is 17.3 Å². The van der Waals surface area contributed by atoms with Crippen LogP contribution in [0.25, 0.3) is 11.4 Å². The Morgan fingerprint density at radius 1 is 0.958 bits per heavy atom. The standard InChI is InChI=1S/C20H19FN2O/c1-13-5-4-6-16(11-13)12-24-20-14(2)15(3)22-19(23-20)17-7-9-18(21)10-8-17/h4-11H,12H2,1-3H3. The quantitative estimate of drug-likeness (QED) is 0.693. The van der Waals surface area contributed by atoms with Gasteiger partial charge in [-0.05, 0) is 50.6 Å². The molecule has 1 heterocycles. The van der Waals surface area contributed by atoms with Crippen molar-refractivity contribution >= 4 is 0 Å². The van der Waals surface area contributed by atoms with E-state index in [2.05, 4.69) is 29.0 Å². The molecule has 0 fully saturated rings. The van der Waals surface area contributed by atoms with Crippen molar-refractivity contribution in [3.05, 3.63) is 76.7 Å². The highest BCUT2D eigenvalue weighted by atomic mass is 19.1. The zero-order chi connectivity index (χ0) is 17.1. The van der Waals surface area contributed by atoms with Gasteiger partial charge in [0.25, 0.3) is 0 Å². The zero-order valence-electron chi connectivity index (χ0n) is 14.0. The molecule has 3 nitrogen and oxygen atoms in total. The van der Waals surface area contributed by atoms with Crippen LogP contribution in [0.2, 0.25) is 0 Å². The number of nitrogens with zero attached hydrogens (tertiary/aromatic N) is 2. The lowest BCUT2D eigenvalue weighted by Gasteiger charge is -2.12. The van der Waals surface area contributed by atoms with Gasteiger partial charge in [-0.3, -0.25) is 0 Å². The molecular formula is C20H19FN2O. The molecule has 0 unspecified atom stereocenters. The molecule has 0 N–H and O–H groups in total. The van der Waals surface area contributed by atoms with E-state index in [0.29, 0.717) is 18.3 Å². The Morgan fingerprint density at radius 3 is 2.42 bits per heavy atom. The number of halogens is 1. The number of hydrogen-bond donors (Lipinski definition) is 0. The molecule has 1 aromatic heterocycles. The van der Waals surface area contributed by atoms with Crippen LogP contribution in [0.4, 0.5) is 4.39 Å². The summed E-state index contributed by atoms with van der Waals surface area (Å²) in [6.45, 7) is 6.36. The first-order chi connectivity index (χ1) is 11.5. The van der Waals surface area contributed by atoms with Crippen molar-refractivity contribution < 1.29 is 9.13 Å². The van der Waals surface area contributed by atoms with Crippen molar-refractivity contribution in [2.75, 3.05) is 0 Å². The Hall–Kier alpha value is -2.75. The summed E-state index contributed by atoms with van der Waals surface area (Å²) >= 11 is 0. The Labute approximate surface area is 141 Å². The number of hydrogen-bond acceptors (Lipinski definition) is 3. The largest absolute Gasteiger partial charge is 0.473 e. The molecule has 122 valence electrons. The Morgan fingerprint density at radius 2 is 1.71 bits per heavy atom. The smallest absolute Gasteiger partial charge is 0.220 e. The Bertz CT molecular complexity index is 860. The van der Waals surface area contributed by atoms with Crippen LogP contribution in [0.3, 0.4) is 0 Å². The predicted molar refractivity (Wildman–Crippen MR) is 92.4 cm³/mol. The first-order valence-corrected chi connectivity index (χ1v) is 7.82. The van der Waals surface area contributed by atoms with Crippen molar-refractivity contribution in [1.82, 2.24) is 9.97 Å². The molecule has 0 saturated heterocycles. The van der Waals surface area contributed by atoms with Gasteiger partial charge in [0.2, 0.25) is 5.88 Å². The first kappa shape index (κ1) is 16.1. The molecule has 0 aliphatic rings. The summed E-state index contributed by atoms with van der Waals surface area (Å²) in [5.41, 5.74) is 4.81. The molecular weight excluding hydrogens is 303 g/mol. The third-order valence-electron chi connectivity index (χ3n) is 3.91. The summed E-state index contributed by atoms with van der Waals surface area (Å²) in [4.78, 5) is 9.00. The lowest BCUT2D eigenvalue weighted by Crippen LogP contribution is -2.04. The highest BCUT2D eigenvalue weighted by Gasteiger charge is 2.11. The summed E-state index contributed by atoms with van der Waals surface area (Å²) in [5, 5.41) is 0. The highest BCUT2D eigenvalue weighted by molar-refractivity contribution is 5.56. The van der Waals surface area contributed by atoms with Gasteiger partial charge in [-0.15, -0.1) is 0 Å². The SMILES string of the molecule is Cc1cccc(COc2nc(-c3ccc(F)cc3)nc(C)c2C)c1. The summed E-state index contributed by atoms with van der Waals surface area (Å²) in [5.74, 6) is 0.819. The summed E-state index contributed by atoms with van der Waals surface area (Å²) in [6.07, 6.45) is 0. The highest BCUT2D eigenvalue weighted by Crippen LogP contribution is 2.24. The van der Waals surface area contributed by atoms with Crippen LogP contribution < -0.4 is 4.74 Å². The van der Waals surface area contributed by atoms with E-state index in [1.807, 2.05) is 26.0 Å². The van der Waals surface area contributed by atoms with Crippen molar-refractivity contribution in [2.24, 2.45) is 0 Å². The van der Waals surface area contributed by atoms with Gasteiger partial charge in [-0.2, -0.15) is 4.98 Å². The minimum absolute atomic E-state index is 0.279. The number of benzene rings is 2. The third-order valence-corrected chi connectivity index (χ3v) is 3.91. The summed E-state index contributed by atoms with van der Waals surface area (Å²) in [7, 11) is 0. The molecule has 24 heavy (non-hydrogen) atoms. The maximum absolute atomic E-state index is 13.1. The number of aromatic nitrogens is 2. The van der Waals surface area contributed by atoms with E-state index in [-0.39, 0.29) is 5.82 Å². The normalized spacial score (nSPS) is 10.7. The maximum Gasteiger partial charge on any atom is 0.220 e. The fourth-order valence-corrected chi connectivity index (χ4v) is 2.42. The molecule has 0 spiro atoms. The van der Waals surface area contributed by atoms with Crippen LogP contribution in [0, 0.1) is 26.6 Å². The van der Waals surface area contributed by atoms with Crippen LogP contribution in [0.15, 0.2) is 48.5 Å². The van der Waals surface area contributed by atoms with Gasteiger partial charge in [0.05, 0.1) is 0 Å². The lowest BCUT2D eigenvalue weighted by molar-refractivity contribution is 0.291. The third kappa shape index (κ3) is 3.59. The Kier molecular flexibility index (Phi) is 4.56. The van der Waals surface area contributed by atoms with Gasteiger partial charge in [0.1, 0.15) is 12.4 Å². The molecule has 0 aliphatic carbocycles. The summed E-state index contributed by atoms with van der Waals surface area (Å²) in [6, 6.07) is 14.3. The van der Waals surface area contributed by atoms with E-state index < -0.39 is 0 Å². The first-order valence-electron chi connectivity index (χ1n) is 7.82. The van der Waals surface area contributed by atoms with Crippen molar-refractivity contribution in [2.45, 2.75) is 27.4 Å². The van der Waals surface area contributed by atoms with Gasteiger partial charge >= 0.3 is 0 Å². The maximum atomic E-state index is 13.1. The van der Waals surface area contributed by atoms with E-state index in [4.69, 9.17) is 4.74 Å². The molecule has 2 aromatic carbocycles. The van der Waals surface area contributed by atoms with Crippen LogP contribution in [-0.4, -0.2) is 9.97 Å². The monoisotopic (exact) mass is 322 g/mol. The summed E-state index contributed by atoms with van der Waals surface area (Å²) < 4.78 is 19.0. The van der Waals surface area contributed by atoms with Gasteiger partial charge in [-0.1, -0.05) is 29.8 Å². The van der Waals surface area contributed by atoms with Crippen LogP contribution >= 0.6 is 0 Å². The van der Waals surface area contributed by atoms with Crippen LogP contribution in [0.1, 0.15) is 22.4 Å². The Balaban J connectivity index is 1.88. The average molecular weight is 322 g/mol. The van der Waals surface area contributed by atoms with E-state index in [9.17, 15) is 4.39 Å². The van der Waals surface area contributed by atoms with E-state index in [1.54, 1.807) is 12.1 Å². The van der Waals surface area contributed by atoms with Crippen LogP contribution in [0.5, 0.6) is 5.88 Å². The van der Waals surface area contributed by atoms with Crippen LogP contribution in [-0.2, 0) is 6.61 Å². The molecule has 4 heteroatoms. The molecule has 3 rings (SSSR count). The van der Waals surface area contributed by atoms with Crippen molar-refractivity contribution in [1.29, 1.82) is 0 Å². The number of ether oxygens (including phenoxy) is 1. The minimum Gasteiger partial charge on any atom is -0.473 e. The van der Waals surface area contributed by atoms with Gasteiger partial charge < -0.3 is 4.74 Å². The second-order valence-corrected chi connectivity index (χ2v) is 5.85. The molecule has 0 atom stereocenters. The molecule has 0 amide bonds. The van der Waals surface area contributed by atoms with E-state index in [0.717, 1.165) is 22.4 Å². The molecule has 0 bridgehead atoms. The lowest BCUT2D eigenvalue weighted by atomic mass is 10.1. The predicted octanol–water partition coefficient (Wildman–Crippen LogP) is 4.79. The fraction of sp³-hybridized carbons (Fsp3) is 0.200. The van der Waals surface area contributed by atoms with E-state index in [1.165, 1.54) is 17.7 Å². The van der Waals surface area contributed by atoms with Gasteiger partial charge in [0, 0.05) is 16.8 Å². The van der Waals surface area contributed by atoms with Gasteiger partial charge in [0.15, 0.2) is 5.82 Å². The second-order valence-electron chi connectivity index (χ2n) is 5.85. The average Bonchev–Trinajstić information content (AvgIpc) is 2.57. The topological polar surface area (TPSA) is 35.0 Å². The molecule has 0 saturated carbocycles. The second kappa shape index (κ2) is 6.79. The number of rotatable bonds is 4. The zero-order valence-corrected chi connectivity index (χ0v) is 14.0. The minimum atomic E-state index is -0.279. The van der Waals surface area contributed by atoms with Gasteiger partial charge in [-0.25, -0.2) is 9.37 Å². The molecule has 3 aromatic rings. The number of aryl methyl sites for hydroxylation is 2. The fourth-order valence-electron chi connectivity index (χ4n) is 2.42. The molecule has 0 aliphatic heterocycles.